The Bertz CT molecular complexity index is 284. The summed E-state index contributed by atoms with van der Waals surface area (Å²) < 4.78 is 0. The molecule has 0 spiro atoms. The standard InChI is InChI=1S/C8H9NO2S/c9-8(12,7(10)11)6-4-2-1-3-5-6/h1-5,12H,9H2,(H,10,11). The van der Waals surface area contributed by atoms with E-state index in [4.69, 9.17) is 10.8 Å². The van der Waals surface area contributed by atoms with Crippen LogP contribution in [0.1, 0.15) is 5.56 Å². The summed E-state index contributed by atoms with van der Waals surface area (Å²) in [7, 11) is 0. The number of hydrogen-bond donors (Lipinski definition) is 3. The van der Waals surface area contributed by atoms with Crippen LogP contribution in [0.25, 0.3) is 0 Å². The molecule has 0 heterocycles. The Labute approximate surface area is 75.6 Å². The van der Waals surface area contributed by atoms with Crippen molar-refractivity contribution in [3.05, 3.63) is 35.9 Å². The van der Waals surface area contributed by atoms with Gasteiger partial charge in [0.2, 0.25) is 0 Å². The molecule has 0 fully saturated rings. The molecule has 0 amide bonds. The van der Waals surface area contributed by atoms with Gasteiger partial charge in [0, 0.05) is 0 Å². The SMILES string of the molecule is NC(S)(C(=O)O)c1ccccc1. The number of thiol groups is 1. The first kappa shape index (κ1) is 9.09. The summed E-state index contributed by atoms with van der Waals surface area (Å²) in [6.07, 6.45) is 0. The van der Waals surface area contributed by atoms with E-state index in [1.54, 1.807) is 30.3 Å². The highest BCUT2D eigenvalue weighted by atomic mass is 32.1. The summed E-state index contributed by atoms with van der Waals surface area (Å²) in [5, 5.41) is 8.69. The molecular formula is C8H9NO2S. The molecule has 0 bridgehead atoms. The fraction of sp³-hybridized carbons (Fsp3) is 0.125. The largest absolute Gasteiger partial charge is 0.479 e. The molecule has 4 heteroatoms. The number of aliphatic carboxylic acids is 1. The van der Waals surface area contributed by atoms with Gasteiger partial charge in [0.05, 0.1) is 0 Å². The Kier molecular flexibility index (Phi) is 2.40. The predicted octanol–water partition coefficient (Wildman–Crippen LogP) is 0.813. The Morgan fingerprint density at radius 2 is 1.92 bits per heavy atom. The zero-order valence-corrected chi connectivity index (χ0v) is 7.16. The van der Waals surface area contributed by atoms with Crippen molar-refractivity contribution in [3.8, 4) is 0 Å². The average molecular weight is 183 g/mol. The topological polar surface area (TPSA) is 63.3 Å². The lowest BCUT2D eigenvalue weighted by Gasteiger charge is -2.17. The Balaban J connectivity index is 3.06. The number of benzene rings is 1. The van der Waals surface area contributed by atoms with Gasteiger partial charge in [-0.2, -0.15) is 0 Å². The fourth-order valence-electron chi connectivity index (χ4n) is 0.816. The van der Waals surface area contributed by atoms with Crippen molar-refractivity contribution >= 4 is 18.6 Å². The van der Waals surface area contributed by atoms with Crippen molar-refractivity contribution in [2.75, 3.05) is 0 Å². The molecule has 64 valence electrons. The van der Waals surface area contributed by atoms with Crippen LogP contribution in [0.4, 0.5) is 0 Å². The summed E-state index contributed by atoms with van der Waals surface area (Å²) in [6, 6.07) is 8.48. The Morgan fingerprint density at radius 1 is 1.42 bits per heavy atom. The molecule has 3 nitrogen and oxygen atoms in total. The number of nitrogens with two attached hydrogens (primary N) is 1. The van der Waals surface area contributed by atoms with Crippen LogP contribution in [0.15, 0.2) is 30.3 Å². The van der Waals surface area contributed by atoms with Gasteiger partial charge in [0.25, 0.3) is 0 Å². The van der Waals surface area contributed by atoms with Gasteiger partial charge < -0.3 is 10.8 Å². The summed E-state index contributed by atoms with van der Waals surface area (Å²) in [5.74, 6) is -1.16. The van der Waals surface area contributed by atoms with Gasteiger partial charge >= 0.3 is 5.97 Å². The maximum Gasteiger partial charge on any atom is 0.338 e. The third kappa shape index (κ3) is 1.60. The van der Waals surface area contributed by atoms with Crippen LogP contribution in [0.2, 0.25) is 0 Å². The lowest BCUT2D eigenvalue weighted by Crippen LogP contribution is -2.39. The van der Waals surface area contributed by atoms with Crippen LogP contribution in [0, 0.1) is 0 Å². The van der Waals surface area contributed by atoms with E-state index in [1.807, 2.05) is 0 Å². The second kappa shape index (κ2) is 3.16. The Morgan fingerprint density at radius 3 is 2.33 bits per heavy atom. The van der Waals surface area contributed by atoms with E-state index in [1.165, 1.54) is 0 Å². The van der Waals surface area contributed by atoms with E-state index in [2.05, 4.69) is 12.6 Å². The van der Waals surface area contributed by atoms with Crippen LogP contribution in [0.5, 0.6) is 0 Å². The van der Waals surface area contributed by atoms with Gasteiger partial charge in [0.1, 0.15) is 0 Å². The second-order valence-electron chi connectivity index (χ2n) is 2.44. The number of hydrogen-bond acceptors (Lipinski definition) is 3. The minimum absolute atomic E-state index is 0.473. The van der Waals surface area contributed by atoms with E-state index in [-0.39, 0.29) is 0 Å². The summed E-state index contributed by atoms with van der Waals surface area (Å²) >= 11 is 3.85. The van der Waals surface area contributed by atoms with E-state index in [9.17, 15) is 4.79 Å². The summed E-state index contributed by atoms with van der Waals surface area (Å²) in [6.45, 7) is 0. The van der Waals surface area contributed by atoms with Gasteiger partial charge in [0.15, 0.2) is 4.87 Å². The third-order valence-electron chi connectivity index (χ3n) is 1.54. The number of carboxylic acid groups (broad SMARTS) is 1. The zero-order valence-electron chi connectivity index (χ0n) is 6.27. The first-order chi connectivity index (χ1) is 5.55. The number of carboxylic acids is 1. The minimum Gasteiger partial charge on any atom is -0.479 e. The molecule has 1 aromatic carbocycles. The van der Waals surface area contributed by atoms with Crippen LogP contribution < -0.4 is 5.73 Å². The highest BCUT2D eigenvalue weighted by Crippen LogP contribution is 2.21. The smallest absolute Gasteiger partial charge is 0.338 e. The zero-order chi connectivity index (χ0) is 9.19. The average Bonchev–Trinajstić information content (AvgIpc) is 2.06. The first-order valence-corrected chi connectivity index (χ1v) is 3.80. The molecule has 0 radical (unpaired) electrons. The monoisotopic (exact) mass is 183 g/mol. The first-order valence-electron chi connectivity index (χ1n) is 3.35. The molecule has 0 aliphatic carbocycles. The molecule has 0 saturated carbocycles. The van der Waals surface area contributed by atoms with Crippen LogP contribution in [-0.4, -0.2) is 11.1 Å². The molecule has 0 aliphatic rings. The van der Waals surface area contributed by atoms with Gasteiger partial charge in [-0.25, -0.2) is 4.79 Å². The number of rotatable bonds is 2. The molecule has 1 unspecified atom stereocenters. The van der Waals surface area contributed by atoms with Crippen molar-refractivity contribution in [3.63, 3.8) is 0 Å². The summed E-state index contributed by atoms with van der Waals surface area (Å²) in [4.78, 5) is 9.02. The second-order valence-corrected chi connectivity index (χ2v) is 3.14. The van der Waals surface area contributed by atoms with E-state index >= 15 is 0 Å². The molecular weight excluding hydrogens is 174 g/mol. The van der Waals surface area contributed by atoms with Crippen molar-refractivity contribution in [1.82, 2.24) is 0 Å². The van der Waals surface area contributed by atoms with Crippen LogP contribution in [-0.2, 0) is 9.67 Å². The van der Waals surface area contributed by atoms with Crippen molar-refractivity contribution in [2.24, 2.45) is 5.73 Å². The van der Waals surface area contributed by atoms with Crippen LogP contribution >= 0.6 is 12.6 Å². The van der Waals surface area contributed by atoms with Crippen molar-refractivity contribution < 1.29 is 9.90 Å². The van der Waals surface area contributed by atoms with Crippen LogP contribution in [0.3, 0.4) is 0 Å². The molecule has 1 aromatic rings. The number of carbonyl (C=O) groups is 1. The lowest BCUT2D eigenvalue weighted by molar-refractivity contribution is -0.139. The molecule has 12 heavy (non-hydrogen) atoms. The van der Waals surface area contributed by atoms with Gasteiger partial charge in [-0.1, -0.05) is 30.3 Å². The normalized spacial score (nSPS) is 15.2. The van der Waals surface area contributed by atoms with Gasteiger partial charge in [-0.3, -0.25) is 0 Å². The van der Waals surface area contributed by atoms with E-state index in [0.29, 0.717) is 5.56 Å². The molecule has 0 aromatic heterocycles. The fourth-order valence-corrected chi connectivity index (χ4v) is 0.965. The van der Waals surface area contributed by atoms with Gasteiger partial charge in [-0.15, -0.1) is 12.6 Å². The lowest BCUT2D eigenvalue weighted by atomic mass is 10.1. The maximum atomic E-state index is 10.6. The van der Waals surface area contributed by atoms with Gasteiger partial charge in [-0.05, 0) is 5.56 Å². The van der Waals surface area contributed by atoms with E-state index < -0.39 is 10.8 Å². The third-order valence-corrected chi connectivity index (χ3v) is 1.99. The quantitative estimate of drug-likeness (QED) is 0.469. The molecule has 0 saturated heterocycles. The Hall–Kier alpha value is -1.00. The predicted molar refractivity (Wildman–Crippen MR) is 48.9 cm³/mol. The molecule has 0 aliphatic heterocycles. The molecule has 1 atom stereocenters. The highest BCUT2D eigenvalue weighted by molar-refractivity contribution is 7.82. The van der Waals surface area contributed by atoms with E-state index in [0.717, 1.165) is 0 Å². The van der Waals surface area contributed by atoms with Crippen molar-refractivity contribution in [1.29, 1.82) is 0 Å². The molecule has 1 rings (SSSR count). The minimum atomic E-state index is -1.60. The summed E-state index contributed by atoms with van der Waals surface area (Å²) in [5.41, 5.74) is 5.92. The van der Waals surface area contributed by atoms with Crippen molar-refractivity contribution in [2.45, 2.75) is 4.87 Å². The maximum absolute atomic E-state index is 10.6. The molecule has 3 N–H and O–H groups in total. The highest BCUT2D eigenvalue weighted by Gasteiger charge is 2.30.